The fourth-order valence-corrected chi connectivity index (χ4v) is 4.04. The summed E-state index contributed by atoms with van der Waals surface area (Å²) in [6.45, 7) is 5.56. The molecule has 0 aromatic carbocycles. The van der Waals surface area contributed by atoms with Crippen molar-refractivity contribution in [2.75, 3.05) is 12.4 Å². The Bertz CT molecular complexity index is 606. The molecule has 0 aliphatic carbocycles. The molecular formula is C14H16BrN3OS2. The largest absolute Gasteiger partial charge is 0.376 e. The van der Waals surface area contributed by atoms with Gasteiger partial charge in [0.15, 0.2) is 11.0 Å². The molecule has 3 heterocycles. The van der Waals surface area contributed by atoms with Crippen LogP contribution in [0.2, 0.25) is 0 Å². The molecule has 112 valence electrons. The zero-order valence-electron chi connectivity index (χ0n) is 11.5. The molecule has 1 aliphatic rings. The summed E-state index contributed by atoms with van der Waals surface area (Å²) >= 11 is 6.73. The van der Waals surface area contributed by atoms with Gasteiger partial charge < -0.3 is 4.74 Å². The Labute approximate surface area is 140 Å². The van der Waals surface area contributed by atoms with Gasteiger partial charge in [0.1, 0.15) is 0 Å². The Morgan fingerprint density at radius 1 is 1.57 bits per heavy atom. The molecule has 1 aliphatic heterocycles. The molecule has 0 amide bonds. The molecule has 0 N–H and O–H groups in total. The maximum Gasteiger partial charge on any atom is 0.191 e. The summed E-state index contributed by atoms with van der Waals surface area (Å²) < 4.78 is 8.91. The fourth-order valence-electron chi connectivity index (χ4n) is 2.28. The van der Waals surface area contributed by atoms with Gasteiger partial charge in [-0.05, 0) is 28.8 Å². The summed E-state index contributed by atoms with van der Waals surface area (Å²) in [5.74, 6) is 1.72. The number of thioether (sulfide) groups is 1. The van der Waals surface area contributed by atoms with E-state index in [1.165, 1.54) is 0 Å². The molecule has 0 bridgehead atoms. The van der Waals surface area contributed by atoms with Gasteiger partial charge in [-0.25, -0.2) is 0 Å². The lowest BCUT2D eigenvalue weighted by atomic mass is 10.2. The summed E-state index contributed by atoms with van der Waals surface area (Å²) in [7, 11) is 0. The predicted octanol–water partition coefficient (Wildman–Crippen LogP) is 4.19. The predicted molar refractivity (Wildman–Crippen MR) is 91.1 cm³/mol. The quantitative estimate of drug-likeness (QED) is 0.698. The zero-order valence-corrected chi connectivity index (χ0v) is 14.7. The van der Waals surface area contributed by atoms with Crippen molar-refractivity contribution in [1.82, 2.24) is 14.8 Å². The molecule has 0 saturated carbocycles. The molecule has 1 saturated heterocycles. The summed E-state index contributed by atoms with van der Waals surface area (Å²) in [6.07, 6.45) is 2.52. The van der Waals surface area contributed by atoms with Crippen LogP contribution in [-0.4, -0.2) is 33.2 Å². The summed E-state index contributed by atoms with van der Waals surface area (Å²) in [4.78, 5) is 1.14. The number of thiophene rings is 1. The summed E-state index contributed by atoms with van der Waals surface area (Å²) in [5, 5.41) is 11.7. The standard InChI is InChI=1S/C14H16BrN3OS2/c1-10(15)9-21-14-17-16-13(12-5-3-7-20-12)18(14)8-11-4-2-6-19-11/h3,5,7,11H,1-2,4,6,8-9H2. The second-order valence-corrected chi connectivity index (χ2v) is 7.85. The number of hydrogen-bond donors (Lipinski definition) is 0. The van der Waals surface area contributed by atoms with Crippen molar-refractivity contribution in [3.05, 3.63) is 28.6 Å². The molecule has 1 fully saturated rings. The van der Waals surface area contributed by atoms with Crippen LogP contribution in [0.4, 0.5) is 0 Å². The number of rotatable bonds is 6. The van der Waals surface area contributed by atoms with Crippen LogP contribution in [0.1, 0.15) is 12.8 Å². The van der Waals surface area contributed by atoms with E-state index in [0.717, 1.165) is 52.1 Å². The number of nitrogens with zero attached hydrogens (tertiary/aromatic N) is 3. The monoisotopic (exact) mass is 385 g/mol. The van der Waals surface area contributed by atoms with E-state index in [0.29, 0.717) is 0 Å². The van der Waals surface area contributed by atoms with Gasteiger partial charge in [0.05, 0.1) is 17.5 Å². The van der Waals surface area contributed by atoms with Crippen LogP contribution in [0.5, 0.6) is 0 Å². The molecule has 1 unspecified atom stereocenters. The van der Waals surface area contributed by atoms with Gasteiger partial charge >= 0.3 is 0 Å². The summed E-state index contributed by atoms with van der Waals surface area (Å²) in [6, 6.07) is 4.12. The molecule has 2 aromatic heterocycles. The van der Waals surface area contributed by atoms with Gasteiger partial charge in [0.25, 0.3) is 0 Å². The fraction of sp³-hybridized carbons (Fsp3) is 0.429. The topological polar surface area (TPSA) is 39.9 Å². The zero-order chi connectivity index (χ0) is 14.7. The van der Waals surface area contributed by atoms with E-state index >= 15 is 0 Å². The first-order valence-electron chi connectivity index (χ1n) is 6.79. The van der Waals surface area contributed by atoms with Crippen LogP contribution in [0, 0.1) is 0 Å². The SMILES string of the molecule is C=C(Br)CSc1nnc(-c2cccs2)n1CC1CCCO1. The average Bonchev–Trinajstić information content (AvgIpc) is 3.18. The van der Waals surface area contributed by atoms with Crippen LogP contribution in [0.25, 0.3) is 10.7 Å². The lowest BCUT2D eigenvalue weighted by molar-refractivity contribution is 0.0953. The van der Waals surface area contributed by atoms with Gasteiger partial charge in [-0.1, -0.05) is 40.3 Å². The van der Waals surface area contributed by atoms with Crippen LogP contribution in [-0.2, 0) is 11.3 Å². The minimum absolute atomic E-state index is 0.270. The lowest BCUT2D eigenvalue weighted by Gasteiger charge is -2.14. The highest BCUT2D eigenvalue weighted by Crippen LogP contribution is 2.30. The third kappa shape index (κ3) is 3.77. The van der Waals surface area contributed by atoms with Crippen molar-refractivity contribution in [2.45, 2.75) is 30.6 Å². The number of aromatic nitrogens is 3. The van der Waals surface area contributed by atoms with Crippen molar-refractivity contribution < 1.29 is 4.74 Å². The van der Waals surface area contributed by atoms with E-state index in [1.807, 2.05) is 6.07 Å². The smallest absolute Gasteiger partial charge is 0.191 e. The number of hydrogen-bond acceptors (Lipinski definition) is 5. The highest BCUT2D eigenvalue weighted by Gasteiger charge is 2.22. The molecule has 4 nitrogen and oxygen atoms in total. The molecule has 21 heavy (non-hydrogen) atoms. The first kappa shape index (κ1) is 15.3. The van der Waals surface area contributed by atoms with E-state index in [-0.39, 0.29) is 6.10 Å². The van der Waals surface area contributed by atoms with Gasteiger partial charge in [-0.2, -0.15) is 0 Å². The number of halogens is 1. The van der Waals surface area contributed by atoms with E-state index in [4.69, 9.17) is 4.74 Å². The average molecular weight is 386 g/mol. The molecule has 2 aromatic rings. The third-order valence-corrected chi connectivity index (χ3v) is 5.80. The van der Waals surface area contributed by atoms with Crippen molar-refractivity contribution >= 4 is 39.0 Å². The molecular weight excluding hydrogens is 370 g/mol. The van der Waals surface area contributed by atoms with E-state index < -0.39 is 0 Å². The van der Waals surface area contributed by atoms with Crippen molar-refractivity contribution in [1.29, 1.82) is 0 Å². The number of ether oxygens (including phenoxy) is 1. The molecule has 0 spiro atoms. The van der Waals surface area contributed by atoms with E-state index in [2.05, 4.69) is 48.7 Å². The highest BCUT2D eigenvalue weighted by molar-refractivity contribution is 9.11. The van der Waals surface area contributed by atoms with Crippen molar-refractivity contribution in [2.24, 2.45) is 0 Å². The lowest BCUT2D eigenvalue weighted by Crippen LogP contribution is -2.16. The maximum absolute atomic E-state index is 5.77. The van der Waals surface area contributed by atoms with Gasteiger partial charge in [-0.3, -0.25) is 4.57 Å². The minimum Gasteiger partial charge on any atom is -0.376 e. The van der Waals surface area contributed by atoms with Crippen LogP contribution in [0.3, 0.4) is 0 Å². The molecule has 7 heteroatoms. The van der Waals surface area contributed by atoms with Crippen LogP contribution in [0.15, 0.2) is 33.7 Å². The Morgan fingerprint density at radius 3 is 3.14 bits per heavy atom. The molecule has 0 radical (unpaired) electrons. The van der Waals surface area contributed by atoms with Gasteiger partial charge in [0, 0.05) is 12.4 Å². The van der Waals surface area contributed by atoms with Gasteiger partial charge in [0.2, 0.25) is 0 Å². The minimum atomic E-state index is 0.270. The Morgan fingerprint density at radius 2 is 2.48 bits per heavy atom. The Hall–Kier alpha value is -0.630. The van der Waals surface area contributed by atoms with Crippen LogP contribution < -0.4 is 0 Å². The highest BCUT2D eigenvalue weighted by atomic mass is 79.9. The Kier molecular flexibility index (Phi) is 5.15. The van der Waals surface area contributed by atoms with Crippen molar-refractivity contribution in [3.8, 4) is 10.7 Å². The second-order valence-electron chi connectivity index (χ2n) is 4.84. The second kappa shape index (κ2) is 7.09. The third-order valence-electron chi connectivity index (χ3n) is 3.23. The van der Waals surface area contributed by atoms with Gasteiger partial charge in [-0.15, -0.1) is 21.5 Å². The van der Waals surface area contributed by atoms with Crippen molar-refractivity contribution in [3.63, 3.8) is 0 Å². The van der Waals surface area contributed by atoms with E-state index in [9.17, 15) is 0 Å². The molecule has 1 atom stereocenters. The summed E-state index contributed by atoms with van der Waals surface area (Å²) in [5.41, 5.74) is 0. The normalized spacial score (nSPS) is 18.2. The first-order valence-corrected chi connectivity index (χ1v) is 9.44. The van der Waals surface area contributed by atoms with Crippen LogP contribution >= 0.6 is 39.0 Å². The van der Waals surface area contributed by atoms with E-state index in [1.54, 1.807) is 23.1 Å². The Balaban J connectivity index is 1.86. The first-order chi connectivity index (χ1) is 10.2. The molecule has 3 rings (SSSR count). The maximum atomic E-state index is 5.77.